The SMILES string of the molecule is CC(C)(C)Oc1ccncc1CC(=O)O. The molecule has 82 valence electrons. The van der Waals surface area contributed by atoms with Gasteiger partial charge in [0.25, 0.3) is 0 Å². The number of hydrogen-bond acceptors (Lipinski definition) is 3. The highest BCUT2D eigenvalue weighted by atomic mass is 16.5. The fourth-order valence-electron chi connectivity index (χ4n) is 1.14. The molecule has 0 saturated carbocycles. The van der Waals surface area contributed by atoms with Crippen LogP contribution in [0.25, 0.3) is 0 Å². The van der Waals surface area contributed by atoms with Crippen molar-refractivity contribution in [3.63, 3.8) is 0 Å². The zero-order chi connectivity index (χ0) is 11.5. The number of rotatable bonds is 3. The molecule has 1 N–H and O–H groups in total. The molecule has 1 rings (SSSR count). The molecule has 15 heavy (non-hydrogen) atoms. The Morgan fingerprint density at radius 2 is 2.20 bits per heavy atom. The first kappa shape index (κ1) is 11.5. The van der Waals surface area contributed by atoms with Crippen LogP contribution >= 0.6 is 0 Å². The molecule has 1 aromatic rings. The highest BCUT2D eigenvalue weighted by Crippen LogP contribution is 2.22. The molecule has 1 heterocycles. The predicted molar refractivity (Wildman–Crippen MR) is 56.0 cm³/mol. The first-order chi connectivity index (χ1) is 6.88. The smallest absolute Gasteiger partial charge is 0.308 e. The van der Waals surface area contributed by atoms with Crippen molar-refractivity contribution in [2.24, 2.45) is 0 Å². The summed E-state index contributed by atoms with van der Waals surface area (Å²) >= 11 is 0. The fraction of sp³-hybridized carbons (Fsp3) is 0.455. The number of hydrogen-bond donors (Lipinski definition) is 1. The second-order valence-corrected chi connectivity index (χ2v) is 4.27. The lowest BCUT2D eigenvalue weighted by molar-refractivity contribution is -0.136. The summed E-state index contributed by atoms with van der Waals surface area (Å²) in [6, 6.07) is 1.68. The van der Waals surface area contributed by atoms with Gasteiger partial charge in [-0.15, -0.1) is 0 Å². The second-order valence-electron chi connectivity index (χ2n) is 4.27. The monoisotopic (exact) mass is 209 g/mol. The molecule has 0 aliphatic heterocycles. The quantitative estimate of drug-likeness (QED) is 0.825. The van der Waals surface area contributed by atoms with Crippen molar-refractivity contribution in [3.8, 4) is 5.75 Å². The van der Waals surface area contributed by atoms with Gasteiger partial charge in [-0.25, -0.2) is 0 Å². The van der Waals surface area contributed by atoms with E-state index in [4.69, 9.17) is 9.84 Å². The predicted octanol–water partition coefficient (Wildman–Crippen LogP) is 1.89. The average molecular weight is 209 g/mol. The van der Waals surface area contributed by atoms with E-state index >= 15 is 0 Å². The van der Waals surface area contributed by atoms with E-state index in [-0.39, 0.29) is 12.0 Å². The van der Waals surface area contributed by atoms with E-state index in [2.05, 4.69) is 4.98 Å². The summed E-state index contributed by atoms with van der Waals surface area (Å²) in [5, 5.41) is 8.71. The molecular weight excluding hydrogens is 194 g/mol. The summed E-state index contributed by atoms with van der Waals surface area (Å²) < 4.78 is 5.63. The first-order valence-electron chi connectivity index (χ1n) is 4.72. The molecule has 4 nitrogen and oxygen atoms in total. The van der Waals surface area contributed by atoms with Gasteiger partial charge >= 0.3 is 5.97 Å². The van der Waals surface area contributed by atoms with Gasteiger partial charge in [-0.1, -0.05) is 0 Å². The van der Waals surface area contributed by atoms with Crippen LogP contribution in [0.3, 0.4) is 0 Å². The molecule has 0 fully saturated rings. The second kappa shape index (κ2) is 4.29. The van der Waals surface area contributed by atoms with Crippen molar-refractivity contribution in [1.82, 2.24) is 4.98 Å². The first-order valence-corrected chi connectivity index (χ1v) is 4.72. The van der Waals surface area contributed by atoms with E-state index in [1.54, 1.807) is 12.3 Å². The van der Waals surface area contributed by atoms with Crippen molar-refractivity contribution in [2.75, 3.05) is 0 Å². The van der Waals surface area contributed by atoms with E-state index in [1.807, 2.05) is 20.8 Å². The van der Waals surface area contributed by atoms with E-state index < -0.39 is 5.97 Å². The molecule has 0 unspecified atom stereocenters. The maximum absolute atomic E-state index is 10.6. The Bertz CT molecular complexity index is 355. The number of pyridine rings is 1. The lowest BCUT2D eigenvalue weighted by atomic mass is 10.1. The maximum Gasteiger partial charge on any atom is 0.308 e. The van der Waals surface area contributed by atoms with Crippen LogP contribution in [0.4, 0.5) is 0 Å². The standard InChI is InChI=1S/C11H15NO3/c1-11(2,3)15-9-4-5-12-7-8(9)6-10(13)14/h4-5,7H,6H2,1-3H3,(H,13,14). The van der Waals surface area contributed by atoms with Gasteiger partial charge in [0.1, 0.15) is 11.4 Å². The Hall–Kier alpha value is -1.58. The van der Waals surface area contributed by atoms with E-state index in [1.165, 1.54) is 6.20 Å². The van der Waals surface area contributed by atoms with Crippen molar-refractivity contribution in [1.29, 1.82) is 0 Å². The van der Waals surface area contributed by atoms with E-state index in [0.717, 1.165) is 0 Å². The van der Waals surface area contributed by atoms with Crippen molar-refractivity contribution < 1.29 is 14.6 Å². The van der Waals surface area contributed by atoms with Gasteiger partial charge in [-0.3, -0.25) is 9.78 Å². The van der Waals surface area contributed by atoms with Crippen LogP contribution in [-0.2, 0) is 11.2 Å². The molecule has 0 saturated heterocycles. The molecule has 0 aliphatic carbocycles. The molecule has 0 radical (unpaired) electrons. The Morgan fingerprint density at radius 3 is 2.73 bits per heavy atom. The number of aliphatic carboxylic acids is 1. The third-order valence-corrected chi connectivity index (χ3v) is 1.62. The minimum Gasteiger partial charge on any atom is -0.488 e. The van der Waals surface area contributed by atoms with Gasteiger partial charge < -0.3 is 9.84 Å². The van der Waals surface area contributed by atoms with Crippen LogP contribution in [-0.4, -0.2) is 21.7 Å². The topological polar surface area (TPSA) is 59.4 Å². The van der Waals surface area contributed by atoms with Crippen molar-refractivity contribution in [2.45, 2.75) is 32.8 Å². The van der Waals surface area contributed by atoms with Gasteiger partial charge in [0.2, 0.25) is 0 Å². The number of ether oxygens (including phenoxy) is 1. The highest BCUT2D eigenvalue weighted by Gasteiger charge is 2.15. The number of aromatic nitrogens is 1. The largest absolute Gasteiger partial charge is 0.488 e. The molecule has 4 heteroatoms. The Labute approximate surface area is 88.9 Å². The van der Waals surface area contributed by atoms with E-state index in [0.29, 0.717) is 11.3 Å². The number of carboxylic acid groups (broad SMARTS) is 1. The molecule has 0 bridgehead atoms. The van der Waals surface area contributed by atoms with Crippen LogP contribution in [0.5, 0.6) is 5.75 Å². The number of nitrogens with zero attached hydrogens (tertiary/aromatic N) is 1. The van der Waals surface area contributed by atoms with Gasteiger partial charge in [-0.2, -0.15) is 0 Å². The van der Waals surface area contributed by atoms with Gasteiger partial charge in [0, 0.05) is 18.0 Å². The van der Waals surface area contributed by atoms with Crippen LogP contribution in [0.1, 0.15) is 26.3 Å². The van der Waals surface area contributed by atoms with E-state index in [9.17, 15) is 4.79 Å². The highest BCUT2D eigenvalue weighted by molar-refractivity contribution is 5.71. The number of carboxylic acids is 1. The van der Waals surface area contributed by atoms with Crippen molar-refractivity contribution >= 4 is 5.97 Å². The third-order valence-electron chi connectivity index (χ3n) is 1.62. The van der Waals surface area contributed by atoms with Gasteiger partial charge in [0.05, 0.1) is 6.42 Å². The zero-order valence-electron chi connectivity index (χ0n) is 9.15. The zero-order valence-corrected chi connectivity index (χ0v) is 9.15. The summed E-state index contributed by atoms with van der Waals surface area (Å²) in [6.45, 7) is 5.74. The summed E-state index contributed by atoms with van der Waals surface area (Å²) in [4.78, 5) is 14.5. The van der Waals surface area contributed by atoms with Gasteiger partial charge in [0.15, 0.2) is 0 Å². The Kier molecular flexibility index (Phi) is 3.29. The Balaban J connectivity index is 2.91. The van der Waals surface area contributed by atoms with Crippen LogP contribution in [0.15, 0.2) is 18.5 Å². The molecule has 0 atom stereocenters. The number of carbonyl (C=O) groups is 1. The lowest BCUT2D eigenvalue weighted by Crippen LogP contribution is -2.24. The minimum absolute atomic E-state index is 0.0702. The molecule has 0 spiro atoms. The molecule has 0 aromatic carbocycles. The fourth-order valence-corrected chi connectivity index (χ4v) is 1.14. The average Bonchev–Trinajstić information content (AvgIpc) is 2.05. The molecule has 0 aliphatic rings. The van der Waals surface area contributed by atoms with Crippen LogP contribution in [0, 0.1) is 0 Å². The lowest BCUT2D eigenvalue weighted by Gasteiger charge is -2.22. The molecule has 0 amide bonds. The van der Waals surface area contributed by atoms with Crippen molar-refractivity contribution in [3.05, 3.63) is 24.0 Å². The summed E-state index contributed by atoms with van der Waals surface area (Å²) in [5.41, 5.74) is 0.258. The Morgan fingerprint density at radius 1 is 1.53 bits per heavy atom. The molecule has 1 aromatic heterocycles. The van der Waals surface area contributed by atoms with Gasteiger partial charge in [-0.05, 0) is 26.8 Å². The normalized spacial score (nSPS) is 11.1. The van der Waals surface area contributed by atoms with Crippen LogP contribution < -0.4 is 4.74 Å². The molecular formula is C11H15NO3. The summed E-state index contributed by atoms with van der Waals surface area (Å²) in [7, 11) is 0. The maximum atomic E-state index is 10.6. The summed E-state index contributed by atoms with van der Waals surface area (Å²) in [5.74, 6) is -0.304. The van der Waals surface area contributed by atoms with Crippen LogP contribution in [0.2, 0.25) is 0 Å². The third kappa shape index (κ3) is 3.97. The summed E-state index contributed by atoms with van der Waals surface area (Å²) in [6.07, 6.45) is 3.04. The minimum atomic E-state index is -0.887.